The second-order valence-electron chi connectivity index (χ2n) is 4.49. The van der Waals surface area contributed by atoms with Crippen LogP contribution < -0.4 is 0 Å². The summed E-state index contributed by atoms with van der Waals surface area (Å²) in [6.07, 6.45) is 1.41. The van der Waals surface area contributed by atoms with Crippen LogP contribution in [0.15, 0.2) is 16.8 Å². The fraction of sp³-hybridized carbons (Fsp3) is 0.462. The molecule has 2 aromatic rings. The molecule has 0 spiro atoms. The van der Waals surface area contributed by atoms with E-state index >= 15 is 0 Å². The molecule has 1 N–H and O–H groups in total. The van der Waals surface area contributed by atoms with Crippen LogP contribution in [0.1, 0.15) is 38.3 Å². The molecule has 2 heterocycles. The first-order valence-corrected chi connectivity index (χ1v) is 6.19. The van der Waals surface area contributed by atoms with Crippen LogP contribution in [0.4, 0.5) is 0 Å². The van der Waals surface area contributed by atoms with Crippen molar-refractivity contribution in [2.45, 2.75) is 26.9 Å². The highest BCUT2D eigenvalue weighted by Crippen LogP contribution is 2.25. The molecule has 2 rings (SSSR count). The Morgan fingerprint density at radius 2 is 2.32 bits per heavy atom. The molecule has 0 aliphatic heterocycles. The van der Waals surface area contributed by atoms with Gasteiger partial charge in [0.15, 0.2) is 0 Å². The Balaban J connectivity index is 2.25. The molecule has 0 saturated carbocycles. The number of H-pyrrole nitrogens is 1. The monoisotopic (exact) mass is 260 g/mol. The van der Waals surface area contributed by atoms with Gasteiger partial charge in [0.05, 0.1) is 5.56 Å². The third-order valence-corrected chi connectivity index (χ3v) is 2.69. The van der Waals surface area contributed by atoms with Gasteiger partial charge in [-0.25, -0.2) is 0 Å². The molecule has 0 radical (unpaired) electrons. The minimum Gasteiger partial charge on any atom is -0.370 e. The number of nitrogens with one attached hydrogen (secondary N) is 1. The molecular formula is C13H16N4O2. The molecule has 1 unspecified atom stereocenters. The zero-order chi connectivity index (χ0) is 13.8. The molecule has 2 aromatic heterocycles. The van der Waals surface area contributed by atoms with E-state index in [0.29, 0.717) is 29.6 Å². The van der Waals surface area contributed by atoms with Gasteiger partial charge in [-0.15, -0.1) is 0 Å². The summed E-state index contributed by atoms with van der Waals surface area (Å²) in [5, 5.41) is 12.7. The maximum atomic E-state index is 8.78. The predicted octanol–water partition coefficient (Wildman–Crippen LogP) is 2.67. The fourth-order valence-electron chi connectivity index (χ4n) is 1.79. The summed E-state index contributed by atoms with van der Waals surface area (Å²) in [4.78, 5) is 7.25. The number of rotatable bonds is 5. The maximum absolute atomic E-state index is 8.78. The quantitative estimate of drug-likeness (QED) is 0.892. The zero-order valence-electron chi connectivity index (χ0n) is 11.2. The van der Waals surface area contributed by atoms with Crippen LogP contribution in [-0.2, 0) is 4.74 Å². The summed E-state index contributed by atoms with van der Waals surface area (Å²) >= 11 is 0. The van der Waals surface area contributed by atoms with Crippen molar-refractivity contribution >= 4 is 0 Å². The molecule has 100 valence electrons. The minimum absolute atomic E-state index is 0.187. The molecular weight excluding hydrogens is 244 g/mol. The molecule has 6 nitrogen and oxygen atoms in total. The van der Waals surface area contributed by atoms with Gasteiger partial charge in [0.1, 0.15) is 17.9 Å². The predicted molar refractivity (Wildman–Crippen MR) is 68.0 cm³/mol. The molecule has 0 fully saturated rings. The van der Waals surface area contributed by atoms with E-state index in [1.54, 1.807) is 12.3 Å². The third-order valence-electron chi connectivity index (χ3n) is 2.69. The average molecular weight is 260 g/mol. The smallest absolute Gasteiger partial charge is 0.274 e. The van der Waals surface area contributed by atoms with Crippen molar-refractivity contribution in [3.05, 3.63) is 23.7 Å². The van der Waals surface area contributed by atoms with Crippen molar-refractivity contribution in [1.82, 2.24) is 15.1 Å². The number of hydrogen-bond acceptors (Lipinski definition) is 5. The lowest BCUT2D eigenvalue weighted by Gasteiger charge is -2.16. The molecule has 1 atom stereocenters. The highest BCUT2D eigenvalue weighted by Gasteiger charge is 2.23. The van der Waals surface area contributed by atoms with Crippen molar-refractivity contribution < 1.29 is 9.26 Å². The summed E-state index contributed by atoms with van der Waals surface area (Å²) in [5.74, 6) is 1.14. The van der Waals surface area contributed by atoms with Crippen molar-refractivity contribution in [2.75, 3.05) is 6.61 Å². The summed E-state index contributed by atoms with van der Waals surface area (Å²) in [7, 11) is 0. The van der Waals surface area contributed by atoms with Gasteiger partial charge in [-0.1, -0.05) is 19.0 Å². The Labute approximate surface area is 111 Å². The van der Waals surface area contributed by atoms with E-state index in [2.05, 4.69) is 15.1 Å². The van der Waals surface area contributed by atoms with Crippen molar-refractivity contribution in [3.8, 4) is 17.7 Å². The Bertz CT molecular complexity index is 579. The highest BCUT2D eigenvalue weighted by atomic mass is 16.5. The van der Waals surface area contributed by atoms with Crippen LogP contribution in [0.3, 0.4) is 0 Å². The van der Waals surface area contributed by atoms with Gasteiger partial charge in [-0.2, -0.15) is 10.2 Å². The van der Waals surface area contributed by atoms with Crippen LogP contribution >= 0.6 is 0 Å². The van der Waals surface area contributed by atoms with E-state index in [1.165, 1.54) is 0 Å². The topological polar surface area (TPSA) is 87.7 Å². The molecule has 0 bridgehead atoms. The van der Waals surface area contributed by atoms with Gasteiger partial charge in [0.2, 0.25) is 5.82 Å². The molecule has 0 aliphatic carbocycles. The van der Waals surface area contributed by atoms with Gasteiger partial charge < -0.3 is 14.2 Å². The Hall–Kier alpha value is -2.13. The number of nitriles is 1. The minimum atomic E-state index is -0.187. The summed E-state index contributed by atoms with van der Waals surface area (Å²) in [6, 6.07) is 3.71. The lowest BCUT2D eigenvalue weighted by atomic mass is 10.1. The normalized spacial score (nSPS) is 12.6. The molecule has 0 saturated heterocycles. The Morgan fingerprint density at radius 1 is 1.53 bits per heavy atom. The largest absolute Gasteiger partial charge is 0.370 e. The standard InChI is InChI=1S/C13H16N4O2/c1-4-18-11(8(2)3)12-16-13(19-17-12)10-5-9(6-14)7-15-10/h5,7-8,11,15H,4H2,1-3H3. The SMILES string of the molecule is CCOC(c1noc(-c2cc(C#N)c[nH]2)n1)C(C)C. The molecule has 0 aromatic carbocycles. The first-order valence-electron chi connectivity index (χ1n) is 6.19. The van der Waals surface area contributed by atoms with Crippen LogP contribution in [0, 0.1) is 17.2 Å². The molecule has 6 heteroatoms. The summed E-state index contributed by atoms with van der Waals surface area (Å²) in [6.45, 7) is 6.60. The third kappa shape index (κ3) is 2.83. The van der Waals surface area contributed by atoms with Gasteiger partial charge in [0, 0.05) is 12.8 Å². The lowest BCUT2D eigenvalue weighted by molar-refractivity contribution is 0.0217. The number of nitrogens with zero attached hydrogens (tertiary/aromatic N) is 3. The van der Waals surface area contributed by atoms with Gasteiger partial charge in [0.25, 0.3) is 5.89 Å². The van der Waals surface area contributed by atoms with Crippen LogP contribution in [0.5, 0.6) is 0 Å². The van der Waals surface area contributed by atoms with E-state index in [0.717, 1.165) is 0 Å². The van der Waals surface area contributed by atoms with E-state index < -0.39 is 0 Å². The summed E-state index contributed by atoms with van der Waals surface area (Å²) in [5.41, 5.74) is 1.16. The number of ether oxygens (including phenoxy) is 1. The Kier molecular flexibility index (Phi) is 3.97. The van der Waals surface area contributed by atoms with Gasteiger partial charge in [-0.05, 0) is 18.9 Å². The second-order valence-corrected chi connectivity index (χ2v) is 4.49. The molecule has 19 heavy (non-hydrogen) atoms. The average Bonchev–Trinajstić information content (AvgIpc) is 3.03. The number of aromatic nitrogens is 3. The van der Waals surface area contributed by atoms with E-state index in [9.17, 15) is 0 Å². The van der Waals surface area contributed by atoms with Crippen LogP contribution in [0.2, 0.25) is 0 Å². The van der Waals surface area contributed by atoms with Crippen molar-refractivity contribution in [1.29, 1.82) is 5.26 Å². The lowest BCUT2D eigenvalue weighted by Crippen LogP contribution is -2.12. The van der Waals surface area contributed by atoms with Crippen LogP contribution in [-0.4, -0.2) is 21.7 Å². The number of aromatic amines is 1. The fourth-order valence-corrected chi connectivity index (χ4v) is 1.79. The zero-order valence-corrected chi connectivity index (χ0v) is 11.2. The highest BCUT2D eigenvalue weighted by molar-refractivity contribution is 5.51. The Morgan fingerprint density at radius 3 is 2.89 bits per heavy atom. The van der Waals surface area contributed by atoms with E-state index in [-0.39, 0.29) is 12.0 Å². The van der Waals surface area contributed by atoms with Crippen molar-refractivity contribution in [3.63, 3.8) is 0 Å². The van der Waals surface area contributed by atoms with E-state index in [1.807, 2.05) is 26.8 Å². The molecule has 0 amide bonds. The number of hydrogen-bond donors (Lipinski definition) is 1. The van der Waals surface area contributed by atoms with Gasteiger partial charge >= 0.3 is 0 Å². The first-order chi connectivity index (χ1) is 9.15. The van der Waals surface area contributed by atoms with Crippen molar-refractivity contribution in [2.24, 2.45) is 5.92 Å². The first kappa shape index (κ1) is 13.3. The summed E-state index contributed by atoms with van der Waals surface area (Å²) < 4.78 is 10.8. The molecule has 0 aliphatic rings. The van der Waals surface area contributed by atoms with Gasteiger partial charge in [-0.3, -0.25) is 0 Å². The maximum Gasteiger partial charge on any atom is 0.274 e. The van der Waals surface area contributed by atoms with E-state index in [4.69, 9.17) is 14.5 Å². The van der Waals surface area contributed by atoms with Crippen LogP contribution in [0.25, 0.3) is 11.6 Å². The second kappa shape index (κ2) is 5.67.